The van der Waals surface area contributed by atoms with Gasteiger partial charge in [-0.3, -0.25) is 14.5 Å². The van der Waals surface area contributed by atoms with Crippen molar-refractivity contribution in [2.24, 2.45) is 0 Å². The first-order chi connectivity index (χ1) is 12.6. The molecule has 138 valence electrons. The second kappa shape index (κ2) is 8.35. The molecule has 1 aromatic carbocycles. The Morgan fingerprint density at radius 1 is 1.35 bits per heavy atom. The predicted molar refractivity (Wildman–Crippen MR) is 102 cm³/mol. The quantitative estimate of drug-likeness (QED) is 0.596. The Morgan fingerprint density at radius 3 is 2.96 bits per heavy atom. The van der Waals surface area contributed by atoms with Crippen LogP contribution in [0.4, 0.5) is 11.4 Å². The summed E-state index contributed by atoms with van der Waals surface area (Å²) in [6.45, 7) is 4.88. The Labute approximate surface area is 157 Å². The molecule has 2 amide bonds. The van der Waals surface area contributed by atoms with Crippen LogP contribution in [0.1, 0.15) is 33.1 Å². The smallest absolute Gasteiger partial charge is 0.244 e. The molecular weight excluding hydrogens is 350 g/mol. The highest BCUT2D eigenvalue weighted by Gasteiger charge is 2.30. The molecule has 2 aromatic rings. The number of unbranched alkanes of at least 4 members (excludes halogenated alkanes) is 2. The maximum absolute atomic E-state index is 13.0. The van der Waals surface area contributed by atoms with Crippen molar-refractivity contribution in [3.63, 3.8) is 0 Å². The Kier molecular flexibility index (Phi) is 5.92. The lowest BCUT2D eigenvalue weighted by Crippen LogP contribution is -2.45. The van der Waals surface area contributed by atoms with E-state index in [2.05, 4.69) is 22.4 Å². The Balaban J connectivity index is 1.71. The van der Waals surface area contributed by atoms with Gasteiger partial charge in [0.25, 0.3) is 0 Å². The van der Waals surface area contributed by atoms with E-state index >= 15 is 0 Å². The summed E-state index contributed by atoms with van der Waals surface area (Å²) in [5.74, 6) is -0.294. The Hall–Kier alpha value is -2.35. The number of fused-ring (bicyclic) bond motifs is 1. The number of anilines is 2. The largest absolute Gasteiger partial charge is 0.323 e. The molecule has 0 unspecified atom stereocenters. The molecule has 8 heteroatoms. The zero-order chi connectivity index (χ0) is 18.5. The van der Waals surface area contributed by atoms with Crippen LogP contribution in [-0.4, -0.2) is 38.4 Å². The maximum atomic E-state index is 13.0. The van der Waals surface area contributed by atoms with Gasteiger partial charge in [-0.2, -0.15) is 0 Å². The van der Waals surface area contributed by atoms with Crippen molar-refractivity contribution >= 4 is 35.0 Å². The lowest BCUT2D eigenvalue weighted by atomic mass is 10.2. The summed E-state index contributed by atoms with van der Waals surface area (Å²) >= 11 is 1.38. The number of nitrogens with one attached hydrogen (secondary N) is 1. The van der Waals surface area contributed by atoms with E-state index in [0.29, 0.717) is 5.69 Å². The second-order valence-corrected chi connectivity index (χ2v) is 7.57. The van der Waals surface area contributed by atoms with Crippen LogP contribution >= 0.6 is 11.8 Å². The van der Waals surface area contributed by atoms with Crippen LogP contribution in [0.5, 0.6) is 0 Å². The number of hydrogen-bond acceptors (Lipinski definition) is 5. The molecule has 2 heterocycles. The number of benzene rings is 1. The zero-order valence-corrected chi connectivity index (χ0v) is 15.8. The summed E-state index contributed by atoms with van der Waals surface area (Å²) in [5.41, 5.74) is 1.39. The summed E-state index contributed by atoms with van der Waals surface area (Å²) in [4.78, 5) is 26.5. The minimum atomic E-state index is -0.372. The van der Waals surface area contributed by atoms with Gasteiger partial charge >= 0.3 is 0 Å². The molecule has 1 aliphatic heterocycles. The van der Waals surface area contributed by atoms with E-state index < -0.39 is 0 Å². The van der Waals surface area contributed by atoms with Crippen molar-refractivity contribution in [1.82, 2.24) is 14.8 Å². The first-order valence-electron chi connectivity index (χ1n) is 8.85. The van der Waals surface area contributed by atoms with Crippen LogP contribution in [0.15, 0.2) is 35.7 Å². The fourth-order valence-corrected chi connectivity index (χ4v) is 3.79. The number of carbonyl (C=O) groups is 2. The van der Waals surface area contributed by atoms with E-state index in [1.807, 2.05) is 29.7 Å². The molecule has 0 fully saturated rings. The number of hydrogen-bond donors (Lipinski definition) is 1. The Bertz CT molecular complexity index is 791. The third-order valence-electron chi connectivity index (χ3n) is 4.25. The molecule has 7 nitrogen and oxygen atoms in total. The van der Waals surface area contributed by atoms with E-state index in [1.54, 1.807) is 17.3 Å². The van der Waals surface area contributed by atoms with E-state index in [-0.39, 0.29) is 23.6 Å². The van der Waals surface area contributed by atoms with Crippen LogP contribution in [0.25, 0.3) is 0 Å². The lowest BCUT2D eigenvalue weighted by molar-refractivity contribution is -0.121. The van der Waals surface area contributed by atoms with E-state index in [0.717, 1.165) is 36.7 Å². The molecule has 0 saturated heterocycles. The molecule has 1 aliphatic rings. The van der Waals surface area contributed by atoms with Crippen molar-refractivity contribution in [1.29, 1.82) is 0 Å². The van der Waals surface area contributed by atoms with Crippen LogP contribution in [0, 0.1) is 0 Å². The molecular formula is C18H23N5O2S. The molecule has 0 spiro atoms. The molecule has 0 saturated carbocycles. The van der Waals surface area contributed by atoms with E-state index in [9.17, 15) is 9.59 Å². The van der Waals surface area contributed by atoms with Gasteiger partial charge in [0.1, 0.15) is 12.9 Å². The van der Waals surface area contributed by atoms with Gasteiger partial charge in [0, 0.05) is 6.54 Å². The normalized spacial score (nSPS) is 14.7. The fourth-order valence-electron chi connectivity index (χ4n) is 2.88. The molecule has 1 aromatic heterocycles. The van der Waals surface area contributed by atoms with Gasteiger partial charge in [0.2, 0.25) is 11.8 Å². The molecule has 26 heavy (non-hydrogen) atoms. The van der Waals surface area contributed by atoms with Crippen molar-refractivity contribution in [2.45, 2.75) is 50.1 Å². The number of aryl methyl sites for hydroxylation is 1. The number of rotatable bonds is 7. The topological polar surface area (TPSA) is 80.1 Å². The van der Waals surface area contributed by atoms with Crippen LogP contribution in [0.3, 0.4) is 0 Å². The molecule has 0 radical (unpaired) electrons. The number of carbonyl (C=O) groups excluding carboxylic acids is 2. The Morgan fingerprint density at radius 2 is 2.15 bits per heavy atom. The monoisotopic (exact) mass is 373 g/mol. The number of para-hydroxylation sites is 2. The van der Waals surface area contributed by atoms with Gasteiger partial charge < -0.3 is 9.88 Å². The van der Waals surface area contributed by atoms with Gasteiger partial charge in [-0.1, -0.05) is 43.7 Å². The van der Waals surface area contributed by atoms with E-state index in [4.69, 9.17) is 0 Å². The van der Waals surface area contributed by atoms with Gasteiger partial charge in [0.05, 0.1) is 16.6 Å². The predicted octanol–water partition coefficient (Wildman–Crippen LogP) is 2.93. The van der Waals surface area contributed by atoms with Crippen molar-refractivity contribution < 1.29 is 9.59 Å². The minimum Gasteiger partial charge on any atom is -0.323 e. The van der Waals surface area contributed by atoms with Crippen LogP contribution in [0.2, 0.25) is 0 Å². The second-order valence-electron chi connectivity index (χ2n) is 6.26. The first kappa shape index (κ1) is 18.4. The summed E-state index contributed by atoms with van der Waals surface area (Å²) in [7, 11) is 0. The summed E-state index contributed by atoms with van der Waals surface area (Å²) in [6, 6.07) is 7.34. The van der Waals surface area contributed by atoms with Gasteiger partial charge in [-0.05, 0) is 25.5 Å². The number of thioether (sulfide) groups is 1. The molecule has 0 bridgehead atoms. The molecule has 1 N–H and O–H groups in total. The number of aromatic nitrogens is 3. The first-order valence-corrected chi connectivity index (χ1v) is 9.73. The van der Waals surface area contributed by atoms with Crippen molar-refractivity contribution in [3.05, 3.63) is 30.6 Å². The number of nitrogens with zero attached hydrogens (tertiary/aromatic N) is 4. The van der Waals surface area contributed by atoms with Crippen molar-refractivity contribution in [3.8, 4) is 0 Å². The number of amides is 2. The molecule has 1 atom stereocenters. The fraction of sp³-hybridized carbons (Fsp3) is 0.444. The minimum absolute atomic E-state index is 0.0317. The molecule has 3 rings (SSSR count). The van der Waals surface area contributed by atoms with Crippen LogP contribution in [-0.2, 0) is 16.1 Å². The average Bonchev–Trinajstić information content (AvgIpc) is 3.07. The lowest BCUT2D eigenvalue weighted by Gasteiger charge is -2.30. The highest BCUT2D eigenvalue weighted by Crippen LogP contribution is 2.31. The summed E-state index contributed by atoms with van der Waals surface area (Å²) in [5, 5.41) is 11.3. The van der Waals surface area contributed by atoms with E-state index in [1.165, 1.54) is 11.8 Å². The summed E-state index contributed by atoms with van der Waals surface area (Å²) in [6.07, 6.45) is 5.06. The molecule has 0 aliphatic carbocycles. The van der Waals surface area contributed by atoms with Gasteiger partial charge in [-0.15, -0.1) is 10.2 Å². The third-order valence-corrected chi connectivity index (χ3v) is 5.33. The summed E-state index contributed by atoms with van der Waals surface area (Å²) < 4.78 is 1.99. The standard InChI is InChI=1S/C18H23N5O2S/c1-3-4-7-10-22-12-19-21-18(22)26-13(2)17(25)23-11-16(24)20-14-8-5-6-9-15(14)23/h5-6,8-9,12-13H,3-4,7,10-11H2,1-2H3,(H,20,24)/t13-/m0/s1. The SMILES string of the molecule is CCCCCn1cnnc1S[C@@H](C)C(=O)N1CC(=O)Nc2ccccc21. The highest BCUT2D eigenvalue weighted by atomic mass is 32.2. The zero-order valence-electron chi connectivity index (χ0n) is 15.0. The van der Waals surface area contributed by atoms with Crippen molar-refractivity contribution in [2.75, 3.05) is 16.8 Å². The average molecular weight is 373 g/mol. The van der Waals surface area contributed by atoms with Crippen LogP contribution < -0.4 is 10.2 Å². The van der Waals surface area contributed by atoms with Gasteiger partial charge in [-0.25, -0.2) is 0 Å². The third kappa shape index (κ3) is 4.07. The highest BCUT2D eigenvalue weighted by molar-refractivity contribution is 8.00. The van der Waals surface area contributed by atoms with Gasteiger partial charge in [0.15, 0.2) is 5.16 Å². The maximum Gasteiger partial charge on any atom is 0.244 e.